The second-order valence-corrected chi connectivity index (χ2v) is 8.11. The maximum absolute atomic E-state index is 12.9. The first-order valence-electron chi connectivity index (χ1n) is 10.7. The predicted molar refractivity (Wildman–Crippen MR) is 109 cm³/mol. The van der Waals surface area contributed by atoms with Crippen molar-refractivity contribution in [1.29, 1.82) is 0 Å². The Labute approximate surface area is 180 Å². The van der Waals surface area contributed by atoms with Crippen molar-refractivity contribution in [2.24, 2.45) is 11.8 Å². The second kappa shape index (κ2) is 11.0. The zero-order valence-corrected chi connectivity index (χ0v) is 17.4. The monoisotopic (exact) mass is 440 g/mol. The van der Waals surface area contributed by atoms with E-state index >= 15 is 0 Å². The normalized spacial score (nSPS) is 27.6. The molecule has 3 atom stereocenters. The van der Waals surface area contributed by atoms with E-state index in [1.165, 1.54) is 43.5 Å². The first kappa shape index (κ1) is 23.6. The van der Waals surface area contributed by atoms with Gasteiger partial charge >= 0.3 is 12.5 Å². The Morgan fingerprint density at radius 1 is 1.10 bits per heavy atom. The van der Waals surface area contributed by atoms with Crippen LogP contribution in [-0.4, -0.2) is 38.0 Å². The molecular weight excluding hydrogens is 412 g/mol. The summed E-state index contributed by atoms with van der Waals surface area (Å²) in [5, 5.41) is 0. The Morgan fingerprint density at radius 3 is 2.39 bits per heavy atom. The molecule has 1 aliphatic carbocycles. The lowest BCUT2D eigenvalue weighted by Gasteiger charge is -2.36. The number of ether oxygens (including phenoxy) is 3. The standard InChI is InChI=1S/C24H28F4O3/c1-2-3-4-17-5-10-19(11-6-17)22-16-29-21(15-30-22)14-9-18-7-12-20(13-8-18)31-23(25)24(26,27)28/h2,7-8,12-13,17,19,21-23H,1,3-6,10-11,15-16H2/t17?,19?,21-,22-,23?/m0/s1. The van der Waals surface area contributed by atoms with E-state index in [2.05, 4.69) is 23.2 Å². The van der Waals surface area contributed by atoms with Crippen molar-refractivity contribution < 1.29 is 31.8 Å². The summed E-state index contributed by atoms with van der Waals surface area (Å²) in [7, 11) is 0. The Balaban J connectivity index is 1.42. The molecule has 31 heavy (non-hydrogen) atoms. The molecular formula is C24H28F4O3. The van der Waals surface area contributed by atoms with Gasteiger partial charge in [-0.3, -0.25) is 0 Å². The molecule has 1 aromatic carbocycles. The molecule has 7 heteroatoms. The number of allylic oxidation sites excluding steroid dienone is 1. The van der Waals surface area contributed by atoms with Crippen LogP contribution >= 0.6 is 0 Å². The number of hydrogen-bond donors (Lipinski definition) is 0. The van der Waals surface area contributed by atoms with E-state index in [1.807, 2.05) is 6.08 Å². The lowest BCUT2D eigenvalue weighted by atomic mass is 9.77. The van der Waals surface area contributed by atoms with Crippen LogP contribution in [0.3, 0.4) is 0 Å². The van der Waals surface area contributed by atoms with Gasteiger partial charge in [-0.1, -0.05) is 30.8 Å². The van der Waals surface area contributed by atoms with Crippen molar-refractivity contribution >= 4 is 0 Å². The van der Waals surface area contributed by atoms with Crippen LogP contribution in [0.5, 0.6) is 5.75 Å². The van der Waals surface area contributed by atoms with Crippen LogP contribution in [0.1, 0.15) is 44.1 Å². The van der Waals surface area contributed by atoms with Crippen molar-refractivity contribution in [2.75, 3.05) is 13.2 Å². The Bertz CT molecular complexity index is 750. The topological polar surface area (TPSA) is 27.7 Å². The summed E-state index contributed by atoms with van der Waals surface area (Å²) in [4.78, 5) is 0. The molecule has 2 aliphatic rings. The van der Waals surface area contributed by atoms with Crippen molar-refractivity contribution in [3.05, 3.63) is 42.5 Å². The molecule has 1 heterocycles. The highest BCUT2D eigenvalue weighted by atomic mass is 19.4. The molecule has 0 bridgehead atoms. The fourth-order valence-corrected chi connectivity index (χ4v) is 4.04. The van der Waals surface area contributed by atoms with Gasteiger partial charge in [0.1, 0.15) is 11.9 Å². The number of rotatable bonds is 6. The highest BCUT2D eigenvalue weighted by molar-refractivity contribution is 5.39. The quantitative estimate of drug-likeness (QED) is 0.316. The average Bonchev–Trinajstić information content (AvgIpc) is 2.77. The zero-order valence-electron chi connectivity index (χ0n) is 17.4. The van der Waals surface area contributed by atoms with E-state index < -0.39 is 12.5 Å². The number of hydrogen-bond acceptors (Lipinski definition) is 3. The van der Waals surface area contributed by atoms with Gasteiger partial charge < -0.3 is 14.2 Å². The number of benzene rings is 1. The smallest absolute Gasteiger partial charge is 0.452 e. The third-order valence-corrected chi connectivity index (χ3v) is 5.85. The zero-order chi connectivity index (χ0) is 22.3. The third-order valence-electron chi connectivity index (χ3n) is 5.85. The highest BCUT2D eigenvalue weighted by Gasteiger charge is 2.42. The van der Waals surface area contributed by atoms with Crippen LogP contribution in [0.4, 0.5) is 17.6 Å². The third kappa shape index (κ3) is 7.26. The average molecular weight is 440 g/mol. The molecule has 1 unspecified atom stereocenters. The Hall–Kier alpha value is -2.04. The highest BCUT2D eigenvalue weighted by Crippen LogP contribution is 2.35. The van der Waals surface area contributed by atoms with Crippen LogP contribution < -0.4 is 4.74 Å². The summed E-state index contributed by atoms with van der Waals surface area (Å²) in [5.74, 6) is 6.99. The van der Waals surface area contributed by atoms with E-state index in [4.69, 9.17) is 9.47 Å². The predicted octanol–water partition coefficient (Wildman–Crippen LogP) is 5.83. The first-order valence-corrected chi connectivity index (χ1v) is 10.7. The SMILES string of the molecule is C=CCCC1CCC([C@@H]2CO[C@@H](C#Cc3ccc(OC(F)C(F)(F)F)cc3)CO2)CC1. The fourth-order valence-electron chi connectivity index (χ4n) is 4.04. The number of alkyl halides is 4. The molecule has 2 fully saturated rings. The summed E-state index contributed by atoms with van der Waals surface area (Å²) in [5.41, 5.74) is 0.568. The minimum Gasteiger partial charge on any atom is -0.452 e. The molecule has 1 saturated carbocycles. The molecule has 0 radical (unpaired) electrons. The number of halogens is 4. The van der Waals surface area contributed by atoms with Crippen LogP contribution in [0.15, 0.2) is 36.9 Å². The minimum absolute atomic E-state index is 0.108. The molecule has 0 aromatic heterocycles. The fraction of sp³-hybridized carbons (Fsp3) is 0.583. The van der Waals surface area contributed by atoms with E-state index in [0.717, 1.165) is 25.2 Å². The van der Waals surface area contributed by atoms with Crippen LogP contribution in [0.25, 0.3) is 0 Å². The molecule has 1 aliphatic heterocycles. The lowest BCUT2D eigenvalue weighted by Crippen LogP contribution is -2.40. The van der Waals surface area contributed by atoms with Gasteiger partial charge in [0.05, 0.1) is 19.3 Å². The van der Waals surface area contributed by atoms with E-state index in [0.29, 0.717) is 24.7 Å². The Kier molecular flexibility index (Phi) is 8.39. The summed E-state index contributed by atoms with van der Waals surface area (Å²) in [6.07, 6.45) is 0.420. The molecule has 3 nitrogen and oxygen atoms in total. The van der Waals surface area contributed by atoms with Crippen LogP contribution in [0.2, 0.25) is 0 Å². The van der Waals surface area contributed by atoms with Gasteiger partial charge in [0, 0.05) is 5.56 Å². The molecule has 0 N–H and O–H groups in total. The molecule has 1 aromatic rings. The maximum Gasteiger partial charge on any atom is 0.457 e. The molecule has 0 amide bonds. The lowest BCUT2D eigenvalue weighted by molar-refractivity contribution is -0.236. The van der Waals surface area contributed by atoms with Gasteiger partial charge in [0.2, 0.25) is 0 Å². The Morgan fingerprint density at radius 2 is 1.81 bits per heavy atom. The summed E-state index contributed by atoms with van der Waals surface area (Å²) in [6.45, 7) is 4.70. The van der Waals surface area contributed by atoms with Gasteiger partial charge in [-0.25, -0.2) is 0 Å². The van der Waals surface area contributed by atoms with Crippen LogP contribution in [-0.2, 0) is 9.47 Å². The molecule has 170 valence electrons. The van der Waals surface area contributed by atoms with Gasteiger partial charge in [0.25, 0.3) is 0 Å². The van der Waals surface area contributed by atoms with Gasteiger partial charge in [0.15, 0.2) is 0 Å². The van der Waals surface area contributed by atoms with E-state index in [-0.39, 0.29) is 18.0 Å². The largest absolute Gasteiger partial charge is 0.457 e. The molecule has 3 rings (SSSR count). The molecule has 0 spiro atoms. The van der Waals surface area contributed by atoms with Crippen LogP contribution in [0, 0.1) is 23.7 Å². The van der Waals surface area contributed by atoms with Crippen molar-refractivity contribution in [2.45, 2.75) is 63.3 Å². The van der Waals surface area contributed by atoms with Gasteiger partial charge in [-0.15, -0.1) is 6.58 Å². The maximum atomic E-state index is 12.9. The second-order valence-electron chi connectivity index (χ2n) is 8.11. The summed E-state index contributed by atoms with van der Waals surface area (Å²) in [6, 6.07) is 5.45. The summed E-state index contributed by atoms with van der Waals surface area (Å²) >= 11 is 0. The van der Waals surface area contributed by atoms with E-state index in [9.17, 15) is 17.6 Å². The van der Waals surface area contributed by atoms with Crippen molar-refractivity contribution in [3.8, 4) is 17.6 Å². The summed E-state index contributed by atoms with van der Waals surface area (Å²) < 4.78 is 65.6. The van der Waals surface area contributed by atoms with E-state index in [1.54, 1.807) is 0 Å². The van der Waals surface area contributed by atoms with Crippen molar-refractivity contribution in [1.82, 2.24) is 0 Å². The van der Waals surface area contributed by atoms with Gasteiger partial charge in [-0.05, 0) is 61.8 Å². The van der Waals surface area contributed by atoms with Crippen molar-refractivity contribution in [3.63, 3.8) is 0 Å². The minimum atomic E-state index is -5.06. The van der Waals surface area contributed by atoms with Gasteiger partial charge in [-0.2, -0.15) is 17.6 Å². The molecule has 1 saturated heterocycles. The first-order chi connectivity index (χ1) is 14.8.